The van der Waals surface area contributed by atoms with Crippen molar-refractivity contribution in [2.24, 2.45) is 0 Å². The summed E-state index contributed by atoms with van der Waals surface area (Å²) in [5.41, 5.74) is 0. The lowest BCUT2D eigenvalue weighted by atomic mass is 10.0. The first-order valence-corrected chi connectivity index (χ1v) is 27.2. The lowest BCUT2D eigenvalue weighted by molar-refractivity contribution is -0.167. The summed E-state index contributed by atoms with van der Waals surface area (Å²) in [6.45, 7) is 6.66. The van der Waals surface area contributed by atoms with E-state index in [-0.39, 0.29) is 31.1 Å². The van der Waals surface area contributed by atoms with Gasteiger partial charge in [0.25, 0.3) is 0 Å². The molecule has 0 saturated heterocycles. The van der Waals surface area contributed by atoms with E-state index in [0.29, 0.717) is 19.3 Å². The van der Waals surface area contributed by atoms with Crippen LogP contribution in [0.5, 0.6) is 0 Å². The molecule has 0 saturated carbocycles. The summed E-state index contributed by atoms with van der Waals surface area (Å²) in [7, 11) is 0. The Bertz CT molecular complexity index is 947. The van der Waals surface area contributed by atoms with Gasteiger partial charge in [-0.3, -0.25) is 14.4 Å². The highest BCUT2D eigenvalue weighted by molar-refractivity contribution is 5.71. The molecule has 1 atom stereocenters. The molecular formula is C55H104O6. The molecule has 61 heavy (non-hydrogen) atoms. The molecule has 0 aromatic heterocycles. The quantitative estimate of drug-likeness (QED) is 0.0262. The van der Waals surface area contributed by atoms with E-state index in [2.05, 4.69) is 32.9 Å². The monoisotopic (exact) mass is 861 g/mol. The number of unbranched alkanes of at least 4 members (excludes halogenated alkanes) is 37. The molecular weight excluding hydrogens is 757 g/mol. The number of allylic oxidation sites excluding steroid dienone is 2. The highest BCUT2D eigenvalue weighted by Gasteiger charge is 2.19. The molecule has 0 fully saturated rings. The first kappa shape index (κ1) is 59.1. The van der Waals surface area contributed by atoms with Crippen molar-refractivity contribution in [1.82, 2.24) is 0 Å². The van der Waals surface area contributed by atoms with Crippen LogP contribution in [0.25, 0.3) is 0 Å². The molecule has 360 valence electrons. The number of esters is 3. The first-order valence-electron chi connectivity index (χ1n) is 27.2. The van der Waals surface area contributed by atoms with Crippen LogP contribution in [0.4, 0.5) is 0 Å². The zero-order valence-electron chi connectivity index (χ0n) is 41.2. The first-order chi connectivity index (χ1) is 30.0. The molecule has 0 aromatic carbocycles. The van der Waals surface area contributed by atoms with Crippen LogP contribution in [-0.2, 0) is 28.6 Å². The smallest absolute Gasteiger partial charge is 0.306 e. The van der Waals surface area contributed by atoms with Crippen LogP contribution in [0.1, 0.15) is 303 Å². The van der Waals surface area contributed by atoms with E-state index in [9.17, 15) is 14.4 Å². The zero-order valence-corrected chi connectivity index (χ0v) is 41.2. The van der Waals surface area contributed by atoms with Crippen LogP contribution in [0.3, 0.4) is 0 Å². The zero-order chi connectivity index (χ0) is 44.4. The van der Waals surface area contributed by atoms with Crippen molar-refractivity contribution < 1.29 is 28.6 Å². The number of carbonyl (C=O) groups excluding carboxylic acids is 3. The molecule has 6 heteroatoms. The van der Waals surface area contributed by atoms with E-state index < -0.39 is 6.10 Å². The number of hydrogen-bond donors (Lipinski definition) is 0. The topological polar surface area (TPSA) is 78.9 Å². The van der Waals surface area contributed by atoms with Gasteiger partial charge in [0.1, 0.15) is 13.2 Å². The van der Waals surface area contributed by atoms with E-state index in [1.54, 1.807) is 0 Å². The van der Waals surface area contributed by atoms with Crippen molar-refractivity contribution >= 4 is 17.9 Å². The summed E-state index contributed by atoms with van der Waals surface area (Å²) < 4.78 is 16.8. The van der Waals surface area contributed by atoms with Crippen LogP contribution in [0.15, 0.2) is 12.2 Å². The van der Waals surface area contributed by atoms with E-state index >= 15 is 0 Å². The minimum Gasteiger partial charge on any atom is -0.462 e. The highest BCUT2D eigenvalue weighted by atomic mass is 16.6. The van der Waals surface area contributed by atoms with Gasteiger partial charge in [0.05, 0.1) is 0 Å². The molecule has 1 unspecified atom stereocenters. The molecule has 0 aliphatic carbocycles. The Hall–Kier alpha value is -1.85. The van der Waals surface area contributed by atoms with Crippen LogP contribution < -0.4 is 0 Å². The van der Waals surface area contributed by atoms with Gasteiger partial charge in [0, 0.05) is 19.3 Å². The maximum absolute atomic E-state index is 12.8. The fourth-order valence-corrected chi connectivity index (χ4v) is 8.14. The van der Waals surface area contributed by atoms with E-state index in [4.69, 9.17) is 14.2 Å². The maximum atomic E-state index is 12.8. The van der Waals surface area contributed by atoms with Gasteiger partial charge in [-0.05, 0) is 44.9 Å². The van der Waals surface area contributed by atoms with Crippen molar-refractivity contribution in [2.75, 3.05) is 13.2 Å². The normalized spacial score (nSPS) is 12.0. The van der Waals surface area contributed by atoms with Gasteiger partial charge >= 0.3 is 17.9 Å². The lowest BCUT2D eigenvalue weighted by Gasteiger charge is -2.18. The van der Waals surface area contributed by atoms with E-state index in [0.717, 1.165) is 57.8 Å². The SMILES string of the molecule is CCCCCC/C=C\CCCCCCCCCC(=O)OC(COC(=O)CCCCCCCCCCCCCC)COC(=O)CCCCCCCCCCCCCCCCCC. The number of rotatable bonds is 50. The highest BCUT2D eigenvalue weighted by Crippen LogP contribution is 2.17. The Morgan fingerprint density at radius 2 is 0.541 bits per heavy atom. The van der Waals surface area contributed by atoms with Crippen LogP contribution in [0.2, 0.25) is 0 Å². The fraction of sp³-hybridized carbons (Fsp3) is 0.909. The van der Waals surface area contributed by atoms with Crippen LogP contribution in [0, 0.1) is 0 Å². The van der Waals surface area contributed by atoms with E-state index in [1.807, 2.05) is 0 Å². The maximum Gasteiger partial charge on any atom is 0.306 e. The molecule has 0 bridgehead atoms. The molecule has 0 aliphatic rings. The second-order valence-corrected chi connectivity index (χ2v) is 18.5. The van der Waals surface area contributed by atoms with Gasteiger partial charge in [-0.2, -0.15) is 0 Å². The van der Waals surface area contributed by atoms with Gasteiger partial charge in [0.15, 0.2) is 6.10 Å². The molecule has 0 spiro atoms. The lowest BCUT2D eigenvalue weighted by Crippen LogP contribution is -2.30. The molecule has 0 aromatic rings. The Morgan fingerprint density at radius 3 is 0.836 bits per heavy atom. The van der Waals surface area contributed by atoms with Crippen LogP contribution in [-0.4, -0.2) is 37.2 Å². The third kappa shape index (κ3) is 49.0. The second-order valence-electron chi connectivity index (χ2n) is 18.5. The Kier molecular flexibility index (Phi) is 49.3. The predicted molar refractivity (Wildman–Crippen MR) is 261 cm³/mol. The molecule has 0 rings (SSSR count). The summed E-state index contributed by atoms with van der Waals surface area (Å²) in [5, 5.41) is 0. The van der Waals surface area contributed by atoms with Crippen LogP contribution >= 0.6 is 0 Å². The number of ether oxygens (including phenoxy) is 3. The number of hydrogen-bond acceptors (Lipinski definition) is 6. The van der Waals surface area contributed by atoms with Crippen molar-refractivity contribution in [3.8, 4) is 0 Å². The standard InChI is InChI=1S/C55H104O6/c1-4-7-10-13-16-19-22-25-27-29-30-33-36-39-42-45-48-54(57)60-51-52(50-59-53(56)47-44-41-38-35-32-24-21-18-15-12-9-6-3)61-55(58)49-46-43-40-37-34-31-28-26-23-20-17-14-11-8-5-2/h20,23,52H,4-19,21-22,24-51H2,1-3H3/b23-20-. The van der Waals surface area contributed by atoms with Crippen molar-refractivity contribution in [1.29, 1.82) is 0 Å². The Morgan fingerprint density at radius 1 is 0.311 bits per heavy atom. The molecule has 0 heterocycles. The Labute approximate surface area is 380 Å². The number of carbonyl (C=O) groups is 3. The largest absolute Gasteiger partial charge is 0.462 e. The summed E-state index contributed by atoms with van der Waals surface area (Å²) in [6, 6.07) is 0. The predicted octanol–water partition coefficient (Wildman–Crippen LogP) is 17.8. The van der Waals surface area contributed by atoms with Gasteiger partial charge in [0.2, 0.25) is 0 Å². The summed E-state index contributed by atoms with van der Waals surface area (Å²) in [4.78, 5) is 38.0. The van der Waals surface area contributed by atoms with Crippen molar-refractivity contribution in [3.63, 3.8) is 0 Å². The van der Waals surface area contributed by atoms with Gasteiger partial charge in [-0.25, -0.2) is 0 Å². The summed E-state index contributed by atoms with van der Waals surface area (Å²) in [6.07, 6.45) is 56.2. The van der Waals surface area contributed by atoms with Gasteiger partial charge in [-0.15, -0.1) is 0 Å². The summed E-state index contributed by atoms with van der Waals surface area (Å²) in [5.74, 6) is -0.851. The van der Waals surface area contributed by atoms with Gasteiger partial charge in [-0.1, -0.05) is 251 Å². The Balaban J connectivity index is 4.31. The van der Waals surface area contributed by atoms with Crippen molar-refractivity contribution in [3.05, 3.63) is 12.2 Å². The molecule has 0 amide bonds. The molecule has 0 radical (unpaired) electrons. The van der Waals surface area contributed by atoms with Crippen molar-refractivity contribution in [2.45, 2.75) is 309 Å². The second kappa shape index (κ2) is 50.8. The van der Waals surface area contributed by atoms with Gasteiger partial charge < -0.3 is 14.2 Å². The third-order valence-corrected chi connectivity index (χ3v) is 12.3. The molecule has 6 nitrogen and oxygen atoms in total. The van der Waals surface area contributed by atoms with E-state index in [1.165, 1.54) is 205 Å². The minimum atomic E-state index is -0.765. The average molecular weight is 861 g/mol. The third-order valence-electron chi connectivity index (χ3n) is 12.3. The average Bonchev–Trinajstić information content (AvgIpc) is 3.26. The summed E-state index contributed by atoms with van der Waals surface area (Å²) >= 11 is 0. The molecule has 0 aliphatic heterocycles. The minimum absolute atomic E-state index is 0.0661. The fourth-order valence-electron chi connectivity index (χ4n) is 8.14. The molecule has 0 N–H and O–H groups in total.